The summed E-state index contributed by atoms with van der Waals surface area (Å²) >= 11 is 5.93. The number of methoxy groups -OCH3 is 1. The van der Waals surface area contributed by atoms with Crippen LogP contribution in [-0.4, -0.2) is 12.3 Å². The van der Waals surface area contributed by atoms with Crippen molar-refractivity contribution < 1.29 is 9.26 Å². The van der Waals surface area contributed by atoms with Crippen molar-refractivity contribution in [2.75, 3.05) is 7.11 Å². The maximum atomic E-state index is 5.93. The highest BCUT2D eigenvalue weighted by molar-refractivity contribution is 6.30. The predicted molar refractivity (Wildman–Crippen MR) is 61.4 cm³/mol. The van der Waals surface area contributed by atoms with E-state index < -0.39 is 0 Å². The minimum Gasteiger partial charge on any atom is -0.496 e. The molecule has 16 heavy (non-hydrogen) atoms. The summed E-state index contributed by atoms with van der Waals surface area (Å²) in [7, 11) is 1.59. The summed E-state index contributed by atoms with van der Waals surface area (Å²) < 4.78 is 10.3. The van der Waals surface area contributed by atoms with Gasteiger partial charge in [0.05, 0.1) is 13.7 Å². The molecule has 1 aromatic heterocycles. The number of hydrogen-bond donors (Lipinski definition) is 1. The van der Waals surface area contributed by atoms with Gasteiger partial charge >= 0.3 is 0 Å². The number of ether oxygens (including phenoxy) is 1. The quantitative estimate of drug-likeness (QED) is 0.892. The second-order valence-corrected chi connectivity index (χ2v) is 3.66. The Morgan fingerprint density at radius 3 is 2.88 bits per heavy atom. The van der Waals surface area contributed by atoms with Gasteiger partial charge < -0.3 is 15.0 Å². The van der Waals surface area contributed by atoms with Crippen molar-refractivity contribution in [3.63, 3.8) is 0 Å². The first-order valence-electron chi connectivity index (χ1n) is 4.74. The molecule has 4 nitrogen and oxygen atoms in total. The van der Waals surface area contributed by atoms with Gasteiger partial charge in [-0.15, -0.1) is 0 Å². The predicted octanol–water partition coefficient (Wildman–Crippen LogP) is 2.46. The summed E-state index contributed by atoms with van der Waals surface area (Å²) in [5.74, 6) is 1.32. The third-order valence-corrected chi connectivity index (χ3v) is 2.43. The Morgan fingerprint density at radius 1 is 1.44 bits per heavy atom. The first-order valence-corrected chi connectivity index (χ1v) is 5.12. The Balaban J connectivity index is 2.49. The Kier molecular flexibility index (Phi) is 3.12. The summed E-state index contributed by atoms with van der Waals surface area (Å²) in [5, 5.41) is 4.53. The van der Waals surface area contributed by atoms with Gasteiger partial charge in [0.25, 0.3) is 0 Å². The molecule has 0 radical (unpaired) electrons. The van der Waals surface area contributed by atoms with E-state index in [0.29, 0.717) is 28.8 Å². The van der Waals surface area contributed by atoms with Gasteiger partial charge in [-0.05, 0) is 18.2 Å². The molecular weight excluding hydrogens is 228 g/mol. The van der Waals surface area contributed by atoms with Crippen molar-refractivity contribution in [1.82, 2.24) is 5.16 Å². The summed E-state index contributed by atoms with van der Waals surface area (Å²) in [6.07, 6.45) is 0. The van der Waals surface area contributed by atoms with Crippen molar-refractivity contribution in [2.45, 2.75) is 6.54 Å². The van der Waals surface area contributed by atoms with Crippen molar-refractivity contribution >= 4 is 11.6 Å². The molecule has 2 rings (SSSR count). The van der Waals surface area contributed by atoms with Crippen LogP contribution >= 0.6 is 11.6 Å². The highest BCUT2D eigenvalue weighted by atomic mass is 35.5. The molecule has 0 bridgehead atoms. The van der Waals surface area contributed by atoms with E-state index in [1.54, 1.807) is 31.4 Å². The highest BCUT2D eigenvalue weighted by Gasteiger charge is 2.11. The molecule has 2 N–H and O–H groups in total. The fourth-order valence-electron chi connectivity index (χ4n) is 1.42. The second kappa shape index (κ2) is 4.55. The number of nitrogens with zero attached hydrogens (tertiary/aromatic N) is 1. The highest BCUT2D eigenvalue weighted by Crippen LogP contribution is 2.31. The zero-order chi connectivity index (χ0) is 11.5. The van der Waals surface area contributed by atoms with Gasteiger partial charge in [-0.2, -0.15) is 0 Å². The van der Waals surface area contributed by atoms with Crippen LogP contribution in [0.25, 0.3) is 11.3 Å². The van der Waals surface area contributed by atoms with Crippen LogP contribution in [-0.2, 0) is 6.54 Å². The van der Waals surface area contributed by atoms with Gasteiger partial charge in [-0.25, -0.2) is 0 Å². The van der Waals surface area contributed by atoms with E-state index in [0.717, 1.165) is 5.56 Å². The maximum absolute atomic E-state index is 5.93. The molecule has 0 spiro atoms. The third kappa shape index (κ3) is 2.03. The second-order valence-electron chi connectivity index (χ2n) is 3.23. The van der Waals surface area contributed by atoms with Crippen LogP contribution in [0.4, 0.5) is 0 Å². The molecule has 0 aliphatic heterocycles. The number of nitrogens with two attached hydrogens (primary N) is 1. The molecule has 5 heteroatoms. The molecule has 1 aromatic carbocycles. The first kappa shape index (κ1) is 11.0. The van der Waals surface area contributed by atoms with Gasteiger partial charge in [0.1, 0.15) is 11.4 Å². The molecule has 0 amide bonds. The lowest BCUT2D eigenvalue weighted by molar-refractivity contribution is 0.385. The van der Waals surface area contributed by atoms with E-state index >= 15 is 0 Å². The Bertz CT molecular complexity index is 496. The SMILES string of the molecule is COc1ccc(Cl)cc1-c1cc(CN)on1. The smallest absolute Gasteiger partial charge is 0.150 e. The van der Waals surface area contributed by atoms with Gasteiger partial charge in [0.15, 0.2) is 5.76 Å². The van der Waals surface area contributed by atoms with Crippen LogP contribution in [0.15, 0.2) is 28.8 Å². The molecule has 0 aliphatic carbocycles. The number of rotatable bonds is 3. The lowest BCUT2D eigenvalue weighted by Crippen LogP contribution is -1.92. The van der Waals surface area contributed by atoms with Crippen molar-refractivity contribution in [2.24, 2.45) is 5.73 Å². The maximum Gasteiger partial charge on any atom is 0.150 e. The fourth-order valence-corrected chi connectivity index (χ4v) is 1.59. The molecule has 2 aromatic rings. The van der Waals surface area contributed by atoms with E-state index in [4.69, 9.17) is 26.6 Å². The van der Waals surface area contributed by atoms with Crippen LogP contribution in [0, 0.1) is 0 Å². The average molecular weight is 239 g/mol. The summed E-state index contributed by atoms with van der Waals surface area (Å²) in [5.41, 5.74) is 6.91. The molecule has 0 atom stereocenters. The molecule has 0 aliphatic rings. The summed E-state index contributed by atoms with van der Waals surface area (Å²) in [6.45, 7) is 0.315. The number of hydrogen-bond acceptors (Lipinski definition) is 4. The van der Waals surface area contributed by atoms with Crippen LogP contribution in [0.3, 0.4) is 0 Å². The Labute approximate surface area is 97.9 Å². The van der Waals surface area contributed by atoms with Crippen LogP contribution in [0.2, 0.25) is 5.02 Å². The van der Waals surface area contributed by atoms with Crippen LogP contribution in [0.1, 0.15) is 5.76 Å². The van der Waals surface area contributed by atoms with Crippen molar-refractivity contribution in [1.29, 1.82) is 0 Å². The molecule has 0 fully saturated rings. The largest absolute Gasteiger partial charge is 0.496 e. The molecular formula is C11H11ClN2O2. The fraction of sp³-hybridized carbons (Fsp3) is 0.182. The van der Waals surface area contributed by atoms with Crippen LogP contribution < -0.4 is 10.5 Å². The van der Waals surface area contributed by atoms with Gasteiger partial charge in [-0.3, -0.25) is 0 Å². The zero-order valence-corrected chi connectivity index (χ0v) is 9.49. The zero-order valence-electron chi connectivity index (χ0n) is 8.74. The van der Waals surface area contributed by atoms with Crippen molar-refractivity contribution in [3.8, 4) is 17.0 Å². The van der Waals surface area contributed by atoms with Gasteiger partial charge in [0, 0.05) is 16.7 Å². The monoisotopic (exact) mass is 238 g/mol. The number of halogens is 1. The first-order chi connectivity index (χ1) is 7.74. The van der Waals surface area contributed by atoms with E-state index in [9.17, 15) is 0 Å². The van der Waals surface area contributed by atoms with Gasteiger partial charge in [0.2, 0.25) is 0 Å². The van der Waals surface area contributed by atoms with E-state index in [-0.39, 0.29) is 0 Å². The number of benzene rings is 1. The molecule has 0 saturated heterocycles. The van der Waals surface area contributed by atoms with Crippen molar-refractivity contribution in [3.05, 3.63) is 35.0 Å². The molecule has 0 saturated carbocycles. The average Bonchev–Trinajstić information content (AvgIpc) is 2.77. The lowest BCUT2D eigenvalue weighted by Gasteiger charge is -2.05. The third-order valence-electron chi connectivity index (χ3n) is 2.20. The Morgan fingerprint density at radius 2 is 2.25 bits per heavy atom. The molecule has 1 heterocycles. The van der Waals surface area contributed by atoms with Gasteiger partial charge in [-0.1, -0.05) is 16.8 Å². The lowest BCUT2D eigenvalue weighted by atomic mass is 10.1. The summed E-state index contributed by atoms with van der Waals surface area (Å²) in [4.78, 5) is 0. The van der Waals surface area contributed by atoms with E-state index in [1.165, 1.54) is 0 Å². The molecule has 0 unspecified atom stereocenters. The van der Waals surface area contributed by atoms with E-state index in [1.807, 2.05) is 0 Å². The molecule has 84 valence electrons. The topological polar surface area (TPSA) is 61.3 Å². The standard InChI is InChI=1S/C11H11ClN2O2/c1-15-11-3-2-7(12)4-9(11)10-5-8(6-13)16-14-10/h2-5H,6,13H2,1H3. The number of aromatic nitrogens is 1. The van der Waals surface area contributed by atoms with Crippen LogP contribution in [0.5, 0.6) is 5.75 Å². The summed E-state index contributed by atoms with van der Waals surface area (Å²) in [6, 6.07) is 7.09. The minimum absolute atomic E-state index is 0.315. The normalized spacial score (nSPS) is 10.4. The Hall–Kier alpha value is -1.52. The minimum atomic E-state index is 0.315. The van der Waals surface area contributed by atoms with E-state index in [2.05, 4.69) is 5.16 Å².